The Bertz CT molecular complexity index is 809. The molecule has 0 bridgehead atoms. The summed E-state index contributed by atoms with van der Waals surface area (Å²) in [6.07, 6.45) is 2.12. The van der Waals surface area contributed by atoms with Crippen molar-refractivity contribution in [2.45, 2.75) is 11.7 Å². The van der Waals surface area contributed by atoms with Gasteiger partial charge in [-0.15, -0.1) is 5.10 Å². The zero-order chi connectivity index (χ0) is 16.9. The zero-order valence-corrected chi connectivity index (χ0v) is 14.8. The normalized spacial score (nSPS) is 19.2. The molecule has 3 rings (SSSR count). The maximum absolute atomic E-state index is 12.1. The van der Waals surface area contributed by atoms with Gasteiger partial charge in [-0.25, -0.2) is 0 Å². The molecule has 1 N–H and O–H groups in total. The van der Waals surface area contributed by atoms with Crippen molar-refractivity contribution in [2.75, 3.05) is 0 Å². The average Bonchev–Trinajstić information content (AvgIpc) is 2.93. The van der Waals surface area contributed by atoms with E-state index in [4.69, 9.17) is 23.2 Å². The number of benzene rings is 2. The second-order valence-electron chi connectivity index (χ2n) is 5.07. The minimum atomic E-state index is -0.299. The van der Waals surface area contributed by atoms with E-state index in [1.807, 2.05) is 42.5 Å². The van der Waals surface area contributed by atoms with Crippen molar-refractivity contribution in [2.24, 2.45) is 10.2 Å². The van der Waals surface area contributed by atoms with E-state index in [0.29, 0.717) is 21.6 Å². The van der Waals surface area contributed by atoms with E-state index in [0.717, 1.165) is 11.1 Å². The highest BCUT2D eigenvalue weighted by Crippen LogP contribution is 2.30. The van der Waals surface area contributed by atoms with Gasteiger partial charge in [-0.1, -0.05) is 77.4 Å². The summed E-state index contributed by atoms with van der Waals surface area (Å²) in [6.45, 7) is 0. The molecule has 4 nitrogen and oxygen atoms in total. The van der Waals surface area contributed by atoms with Gasteiger partial charge in [-0.05, 0) is 23.6 Å². The van der Waals surface area contributed by atoms with Gasteiger partial charge in [-0.2, -0.15) is 5.10 Å². The van der Waals surface area contributed by atoms with Gasteiger partial charge in [0.05, 0.1) is 21.5 Å². The van der Waals surface area contributed by atoms with Crippen LogP contribution < -0.4 is 5.32 Å². The lowest BCUT2D eigenvalue weighted by atomic mass is 10.1. The van der Waals surface area contributed by atoms with Gasteiger partial charge in [0, 0.05) is 0 Å². The highest BCUT2D eigenvalue weighted by atomic mass is 35.5. The molecule has 0 spiro atoms. The van der Waals surface area contributed by atoms with Crippen LogP contribution in [0.25, 0.3) is 0 Å². The van der Waals surface area contributed by atoms with Crippen LogP contribution in [0.1, 0.15) is 11.1 Å². The molecule has 1 heterocycles. The highest BCUT2D eigenvalue weighted by Gasteiger charge is 2.31. The number of carbonyl (C=O) groups excluding carboxylic acids is 1. The fourth-order valence-electron chi connectivity index (χ4n) is 2.18. The van der Waals surface area contributed by atoms with Crippen LogP contribution in [0.15, 0.2) is 58.7 Å². The SMILES string of the molecule is O=C1N/C(=N\N=C/c2ccccc2)S[C@@H]1Cc1cccc(Cl)c1Cl. The van der Waals surface area contributed by atoms with Crippen LogP contribution in [0.4, 0.5) is 0 Å². The molecule has 0 radical (unpaired) electrons. The first-order chi connectivity index (χ1) is 11.6. The third-order valence-corrected chi connectivity index (χ3v) is 5.30. The maximum Gasteiger partial charge on any atom is 0.239 e. The van der Waals surface area contributed by atoms with Gasteiger partial charge in [-0.3, -0.25) is 4.79 Å². The fraction of sp³-hybridized carbons (Fsp3) is 0.118. The number of halogens is 2. The van der Waals surface area contributed by atoms with Gasteiger partial charge in [0.1, 0.15) is 0 Å². The monoisotopic (exact) mass is 377 g/mol. The molecular formula is C17H13Cl2N3OS. The topological polar surface area (TPSA) is 53.8 Å². The summed E-state index contributed by atoms with van der Waals surface area (Å²) < 4.78 is 0. The lowest BCUT2D eigenvalue weighted by molar-refractivity contribution is -0.118. The van der Waals surface area contributed by atoms with E-state index in [1.54, 1.807) is 12.3 Å². The zero-order valence-electron chi connectivity index (χ0n) is 12.4. The Morgan fingerprint density at radius 1 is 1.12 bits per heavy atom. The Morgan fingerprint density at radius 2 is 1.92 bits per heavy atom. The fourth-order valence-corrected chi connectivity index (χ4v) is 3.53. The first kappa shape index (κ1) is 17.0. The number of hydrogen-bond donors (Lipinski definition) is 1. The number of nitrogens with zero attached hydrogens (tertiary/aromatic N) is 2. The van der Waals surface area contributed by atoms with Gasteiger partial charge in [0.15, 0.2) is 5.17 Å². The molecule has 1 saturated heterocycles. The molecule has 1 amide bonds. The Labute approximate surface area is 154 Å². The molecule has 0 unspecified atom stereocenters. The smallest absolute Gasteiger partial charge is 0.239 e. The van der Waals surface area contributed by atoms with Crippen molar-refractivity contribution in [3.8, 4) is 0 Å². The Kier molecular flexibility index (Phi) is 5.56. The summed E-state index contributed by atoms with van der Waals surface area (Å²) in [6, 6.07) is 15.0. The Hall–Kier alpha value is -1.82. The summed E-state index contributed by atoms with van der Waals surface area (Å²) in [4.78, 5) is 12.1. The van der Waals surface area contributed by atoms with Crippen LogP contribution in [0.3, 0.4) is 0 Å². The van der Waals surface area contributed by atoms with E-state index in [9.17, 15) is 4.79 Å². The van der Waals surface area contributed by atoms with Crippen LogP contribution in [0.5, 0.6) is 0 Å². The summed E-state index contributed by atoms with van der Waals surface area (Å²) in [5.74, 6) is -0.107. The Morgan fingerprint density at radius 3 is 2.71 bits per heavy atom. The molecule has 24 heavy (non-hydrogen) atoms. The van der Waals surface area contributed by atoms with Crippen molar-refractivity contribution in [3.63, 3.8) is 0 Å². The van der Waals surface area contributed by atoms with Crippen LogP contribution >= 0.6 is 35.0 Å². The van der Waals surface area contributed by atoms with Crippen LogP contribution in [-0.4, -0.2) is 22.5 Å². The lowest BCUT2D eigenvalue weighted by Crippen LogP contribution is -2.26. The second-order valence-corrected chi connectivity index (χ2v) is 7.05. The molecule has 0 aliphatic carbocycles. The first-order valence-corrected chi connectivity index (χ1v) is 8.83. The molecule has 0 saturated carbocycles. The maximum atomic E-state index is 12.1. The minimum absolute atomic E-state index is 0.107. The summed E-state index contributed by atoms with van der Waals surface area (Å²) >= 11 is 13.5. The molecule has 122 valence electrons. The summed E-state index contributed by atoms with van der Waals surface area (Å²) in [5, 5.41) is 12.0. The quantitative estimate of drug-likeness (QED) is 0.642. The van der Waals surface area contributed by atoms with Gasteiger partial charge in [0.2, 0.25) is 5.91 Å². The first-order valence-electron chi connectivity index (χ1n) is 7.20. The standard InChI is InChI=1S/C17H13Cl2N3OS/c18-13-8-4-7-12(15(13)19)9-14-16(23)21-17(24-14)22-20-10-11-5-2-1-3-6-11/h1-8,10,14H,9H2,(H,21,22,23)/b20-10-/t14-/m1/s1. The molecule has 1 aliphatic rings. The Balaban J connectivity index is 1.66. The molecule has 2 aromatic rings. The van der Waals surface area contributed by atoms with E-state index in [2.05, 4.69) is 15.5 Å². The molecule has 7 heteroatoms. The number of rotatable bonds is 4. The third kappa shape index (κ3) is 4.17. The second kappa shape index (κ2) is 7.83. The van der Waals surface area contributed by atoms with Crippen LogP contribution in [-0.2, 0) is 11.2 Å². The number of hydrogen-bond acceptors (Lipinski definition) is 4. The molecule has 2 aromatic carbocycles. The summed E-state index contributed by atoms with van der Waals surface area (Å²) in [7, 11) is 0. The molecule has 1 atom stereocenters. The van der Waals surface area contributed by atoms with Crippen molar-refractivity contribution in [1.82, 2.24) is 5.32 Å². The van der Waals surface area contributed by atoms with E-state index in [-0.39, 0.29) is 11.2 Å². The number of nitrogens with one attached hydrogen (secondary N) is 1. The van der Waals surface area contributed by atoms with Crippen molar-refractivity contribution < 1.29 is 4.79 Å². The minimum Gasteiger partial charge on any atom is -0.303 e. The third-order valence-electron chi connectivity index (χ3n) is 3.37. The lowest BCUT2D eigenvalue weighted by Gasteiger charge is -2.08. The molecule has 1 aliphatic heterocycles. The van der Waals surface area contributed by atoms with E-state index < -0.39 is 0 Å². The van der Waals surface area contributed by atoms with Crippen molar-refractivity contribution in [3.05, 3.63) is 69.7 Å². The van der Waals surface area contributed by atoms with Crippen LogP contribution in [0.2, 0.25) is 10.0 Å². The van der Waals surface area contributed by atoms with Gasteiger partial charge < -0.3 is 5.32 Å². The largest absolute Gasteiger partial charge is 0.303 e. The molecule has 0 aromatic heterocycles. The van der Waals surface area contributed by atoms with Crippen LogP contribution in [0, 0.1) is 0 Å². The average molecular weight is 378 g/mol. The van der Waals surface area contributed by atoms with Crippen molar-refractivity contribution in [1.29, 1.82) is 0 Å². The molecular weight excluding hydrogens is 365 g/mol. The predicted octanol–water partition coefficient (Wildman–Crippen LogP) is 4.16. The predicted molar refractivity (Wildman–Crippen MR) is 101 cm³/mol. The molecule has 1 fully saturated rings. The highest BCUT2D eigenvalue weighted by molar-refractivity contribution is 8.15. The van der Waals surface area contributed by atoms with Gasteiger partial charge >= 0.3 is 0 Å². The number of thioether (sulfide) groups is 1. The van der Waals surface area contributed by atoms with E-state index in [1.165, 1.54) is 11.8 Å². The number of carbonyl (C=O) groups is 1. The summed E-state index contributed by atoms with van der Waals surface area (Å²) in [5.41, 5.74) is 1.78. The van der Waals surface area contributed by atoms with Crippen molar-refractivity contribution >= 4 is 52.3 Å². The van der Waals surface area contributed by atoms with E-state index >= 15 is 0 Å². The number of amidine groups is 1. The van der Waals surface area contributed by atoms with Gasteiger partial charge in [0.25, 0.3) is 0 Å². The number of amides is 1.